The molecule has 1 amide bonds. The van der Waals surface area contributed by atoms with Crippen LogP contribution in [-0.4, -0.2) is 19.3 Å². The summed E-state index contributed by atoms with van der Waals surface area (Å²) in [5.74, 6) is 1.43. The number of carbonyl (C=O) groups is 1. The molecule has 5 nitrogen and oxygen atoms in total. The third-order valence-corrected chi connectivity index (χ3v) is 6.15. The number of fused-ring (bicyclic) bond motifs is 1. The van der Waals surface area contributed by atoms with Crippen LogP contribution in [0.2, 0.25) is 0 Å². The number of benzene rings is 3. The molecular formula is C26H24FNO4. The minimum atomic E-state index is -0.669. The molecule has 0 unspecified atom stereocenters. The van der Waals surface area contributed by atoms with Crippen LogP contribution < -0.4 is 19.5 Å². The third-order valence-electron chi connectivity index (χ3n) is 6.15. The van der Waals surface area contributed by atoms with Crippen molar-refractivity contribution in [2.75, 3.05) is 18.7 Å². The Morgan fingerprint density at radius 1 is 1.06 bits per heavy atom. The average molecular weight is 433 g/mol. The molecule has 32 heavy (non-hydrogen) atoms. The number of nitrogens with one attached hydrogen (secondary N) is 1. The van der Waals surface area contributed by atoms with Crippen LogP contribution in [0.3, 0.4) is 0 Å². The van der Waals surface area contributed by atoms with Crippen molar-refractivity contribution in [1.82, 2.24) is 0 Å². The molecule has 1 aliphatic heterocycles. The summed E-state index contributed by atoms with van der Waals surface area (Å²) in [4.78, 5) is 13.2. The Hall–Kier alpha value is -3.54. The first-order valence-electron chi connectivity index (χ1n) is 10.7. The summed E-state index contributed by atoms with van der Waals surface area (Å²) in [7, 11) is 0. The molecule has 0 spiro atoms. The second-order valence-corrected chi connectivity index (χ2v) is 8.21. The van der Waals surface area contributed by atoms with Crippen LogP contribution in [0.5, 0.6) is 17.2 Å². The summed E-state index contributed by atoms with van der Waals surface area (Å²) in [5.41, 5.74) is 2.95. The molecule has 1 N–H and O–H groups in total. The fourth-order valence-electron chi connectivity index (χ4n) is 4.18. The zero-order valence-electron chi connectivity index (χ0n) is 18.0. The summed E-state index contributed by atoms with van der Waals surface area (Å²) < 4.78 is 31.1. The summed E-state index contributed by atoms with van der Waals surface area (Å²) >= 11 is 0. The number of amides is 1. The quantitative estimate of drug-likeness (QED) is 0.550. The average Bonchev–Trinajstić information content (AvgIpc) is 3.47. The summed E-state index contributed by atoms with van der Waals surface area (Å²) in [6.45, 7) is 4.57. The number of rotatable bonds is 6. The highest BCUT2D eigenvalue weighted by Crippen LogP contribution is 2.51. The summed E-state index contributed by atoms with van der Waals surface area (Å²) in [6.07, 6.45) is 1.41. The highest BCUT2D eigenvalue weighted by molar-refractivity contribution is 6.02. The Balaban J connectivity index is 1.41. The van der Waals surface area contributed by atoms with Crippen molar-refractivity contribution in [3.63, 3.8) is 0 Å². The Kier molecular flexibility index (Phi) is 5.00. The molecule has 3 aromatic carbocycles. The van der Waals surface area contributed by atoms with Crippen molar-refractivity contribution in [3.8, 4) is 28.4 Å². The number of hydrogen-bond donors (Lipinski definition) is 1. The topological polar surface area (TPSA) is 56.8 Å². The van der Waals surface area contributed by atoms with E-state index in [9.17, 15) is 9.18 Å². The van der Waals surface area contributed by atoms with Gasteiger partial charge in [-0.25, -0.2) is 4.39 Å². The van der Waals surface area contributed by atoms with Gasteiger partial charge in [-0.3, -0.25) is 4.79 Å². The minimum absolute atomic E-state index is 0.177. The smallest absolute Gasteiger partial charge is 0.235 e. The van der Waals surface area contributed by atoms with E-state index in [4.69, 9.17) is 14.2 Å². The number of anilines is 1. The second kappa shape index (κ2) is 7.86. The molecule has 0 radical (unpaired) electrons. The van der Waals surface area contributed by atoms with Gasteiger partial charge in [-0.2, -0.15) is 0 Å². The van der Waals surface area contributed by atoms with E-state index in [1.54, 1.807) is 6.07 Å². The van der Waals surface area contributed by atoms with Crippen LogP contribution in [0.25, 0.3) is 11.1 Å². The molecule has 2 aliphatic rings. The van der Waals surface area contributed by atoms with Crippen LogP contribution in [0.15, 0.2) is 54.6 Å². The van der Waals surface area contributed by atoms with E-state index in [0.717, 1.165) is 28.0 Å². The van der Waals surface area contributed by atoms with Gasteiger partial charge in [0.2, 0.25) is 12.7 Å². The summed E-state index contributed by atoms with van der Waals surface area (Å²) in [5, 5.41) is 2.84. The normalized spacial score (nSPS) is 15.3. The van der Waals surface area contributed by atoms with Crippen molar-refractivity contribution in [2.24, 2.45) is 0 Å². The lowest BCUT2D eigenvalue weighted by Crippen LogP contribution is -2.28. The largest absolute Gasteiger partial charge is 0.494 e. The molecule has 3 aromatic rings. The number of ether oxygens (including phenoxy) is 3. The first-order valence-corrected chi connectivity index (χ1v) is 10.7. The number of carbonyl (C=O) groups excluding carboxylic acids is 1. The molecule has 164 valence electrons. The monoisotopic (exact) mass is 433 g/mol. The van der Waals surface area contributed by atoms with E-state index < -0.39 is 11.2 Å². The lowest BCUT2D eigenvalue weighted by molar-refractivity contribution is -0.118. The Morgan fingerprint density at radius 3 is 2.53 bits per heavy atom. The van der Waals surface area contributed by atoms with Crippen LogP contribution >= 0.6 is 0 Å². The maximum absolute atomic E-state index is 14.8. The van der Waals surface area contributed by atoms with Gasteiger partial charge in [0.1, 0.15) is 11.6 Å². The fourth-order valence-corrected chi connectivity index (χ4v) is 4.18. The van der Waals surface area contributed by atoms with E-state index in [-0.39, 0.29) is 18.4 Å². The summed E-state index contributed by atoms with van der Waals surface area (Å²) in [6, 6.07) is 16.4. The highest BCUT2D eigenvalue weighted by atomic mass is 19.1. The Labute approximate surface area is 186 Å². The van der Waals surface area contributed by atoms with E-state index >= 15 is 0 Å². The Morgan fingerprint density at radius 2 is 1.81 bits per heavy atom. The molecule has 0 atom stereocenters. The van der Waals surface area contributed by atoms with Gasteiger partial charge in [0.05, 0.1) is 17.7 Å². The van der Waals surface area contributed by atoms with Gasteiger partial charge in [0.25, 0.3) is 0 Å². The second-order valence-electron chi connectivity index (χ2n) is 8.21. The van der Waals surface area contributed by atoms with Crippen LogP contribution in [0.4, 0.5) is 10.1 Å². The van der Waals surface area contributed by atoms with Gasteiger partial charge in [-0.15, -0.1) is 0 Å². The molecule has 0 aromatic heterocycles. The van der Waals surface area contributed by atoms with E-state index in [1.165, 1.54) is 6.07 Å². The van der Waals surface area contributed by atoms with E-state index in [2.05, 4.69) is 5.32 Å². The molecule has 1 fully saturated rings. The van der Waals surface area contributed by atoms with Crippen molar-refractivity contribution < 1.29 is 23.4 Å². The molecule has 6 heteroatoms. The maximum Gasteiger partial charge on any atom is 0.235 e. The zero-order chi connectivity index (χ0) is 22.3. The molecule has 1 aliphatic carbocycles. The predicted molar refractivity (Wildman–Crippen MR) is 120 cm³/mol. The zero-order valence-corrected chi connectivity index (χ0v) is 18.0. The first-order chi connectivity index (χ1) is 15.5. The van der Waals surface area contributed by atoms with Gasteiger partial charge in [-0.1, -0.05) is 18.2 Å². The molecular weight excluding hydrogens is 409 g/mol. The van der Waals surface area contributed by atoms with Gasteiger partial charge in [-0.05, 0) is 85.3 Å². The third kappa shape index (κ3) is 3.55. The van der Waals surface area contributed by atoms with Gasteiger partial charge in [0, 0.05) is 0 Å². The highest BCUT2D eigenvalue weighted by Gasteiger charge is 2.51. The van der Waals surface area contributed by atoms with Gasteiger partial charge >= 0.3 is 0 Å². The standard InChI is InChI=1S/C26H24FNO4/c1-3-30-19-7-4-17(5-8-19)20-14-22(21(27)12-16(20)2)28-25(29)26(10-11-26)18-6-9-23-24(13-18)32-15-31-23/h4-9,12-14H,3,10-11,15H2,1-2H3,(H,28,29). The number of halogens is 1. The predicted octanol–water partition coefficient (Wildman–Crippen LogP) is 5.60. The van der Waals surface area contributed by atoms with Crippen LogP contribution in [-0.2, 0) is 10.2 Å². The Bertz CT molecular complexity index is 1190. The van der Waals surface area contributed by atoms with Gasteiger partial charge in [0.15, 0.2) is 11.5 Å². The molecule has 5 rings (SSSR count). The van der Waals surface area contributed by atoms with E-state index in [0.29, 0.717) is 30.9 Å². The van der Waals surface area contributed by atoms with Crippen molar-refractivity contribution >= 4 is 11.6 Å². The SMILES string of the molecule is CCOc1ccc(-c2cc(NC(=O)C3(c4ccc5c(c4)OCO5)CC3)c(F)cc2C)cc1. The van der Waals surface area contributed by atoms with Crippen LogP contribution in [0, 0.1) is 12.7 Å². The van der Waals surface area contributed by atoms with Crippen molar-refractivity contribution in [1.29, 1.82) is 0 Å². The minimum Gasteiger partial charge on any atom is -0.494 e. The molecule has 0 bridgehead atoms. The number of hydrogen-bond acceptors (Lipinski definition) is 4. The lowest BCUT2D eigenvalue weighted by Gasteiger charge is -2.18. The molecule has 1 heterocycles. The fraction of sp³-hybridized carbons (Fsp3) is 0.269. The van der Waals surface area contributed by atoms with Gasteiger partial charge < -0.3 is 19.5 Å². The maximum atomic E-state index is 14.8. The van der Waals surface area contributed by atoms with Crippen molar-refractivity contribution in [2.45, 2.75) is 32.1 Å². The van der Waals surface area contributed by atoms with Crippen LogP contribution in [0.1, 0.15) is 30.9 Å². The first kappa shape index (κ1) is 20.4. The van der Waals surface area contributed by atoms with E-state index in [1.807, 2.05) is 56.3 Å². The van der Waals surface area contributed by atoms with Crippen molar-refractivity contribution in [3.05, 3.63) is 71.5 Å². The lowest BCUT2D eigenvalue weighted by atomic mass is 9.94. The molecule has 0 saturated heterocycles. The molecule has 1 saturated carbocycles. The number of aryl methyl sites for hydroxylation is 1.